The first kappa shape index (κ1) is 20.0. The topological polar surface area (TPSA) is 86.9 Å². The number of ether oxygens (including phenoxy) is 1. The van der Waals surface area contributed by atoms with Crippen LogP contribution in [0.4, 0.5) is 4.79 Å². The molecule has 2 heterocycles. The average Bonchev–Trinajstić information content (AvgIpc) is 3.02. The average molecular weight is 386 g/mol. The highest BCUT2D eigenvalue weighted by Crippen LogP contribution is 2.20. The third kappa shape index (κ3) is 4.97. The summed E-state index contributed by atoms with van der Waals surface area (Å²) in [4.78, 5) is 23.8. The van der Waals surface area contributed by atoms with Crippen LogP contribution in [0, 0.1) is 6.92 Å². The van der Waals surface area contributed by atoms with Gasteiger partial charge in [0.05, 0.1) is 0 Å². The Bertz CT molecular complexity index is 857. The van der Waals surface area contributed by atoms with Crippen molar-refractivity contribution in [3.63, 3.8) is 0 Å². The van der Waals surface area contributed by atoms with Gasteiger partial charge in [0.25, 0.3) is 0 Å². The second-order valence-corrected chi connectivity index (χ2v) is 8.31. The van der Waals surface area contributed by atoms with E-state index in [1.165, 1.54) is 16.5 Å². The number of nitrogens with one attached hydrogen (secondary N) is 1. The number of benzene rings is 1. The number of aromatic nitrogens is 1. The predicted octanol–water partition coefficient (Wildman–Crippen LogP) is 2.89. The molecule has 1 aliphatic heterocycles. The van der Waals surface area contributed by atoms with E-state index in [1.54, 1.807) is 4.90 Å². The van der Waals surface area contributed by atoms with Crippen LogP contribution in [0.15, 0.2) is 29.4 Å². The van der Waals surface area contributed by atoms with Gasteiger partial charge in [0.2, 0.25) is 0 Å². The fraction of sp³-hybridized carbons (Fsp3) is 0.524. The van der Waals surface area contributed by atoms with Crippen LogP contribution < -0.4 is 5.73 Å². The Labute approximate surface area is 166 Å². The summed E-state index contributed by atoms with van der Waals surface area (Å²) in [5, 5.41) is 1.24. The maximum absolute atomic E-state index is 12.1. The normalized spacial score (nSPS) is 15.9. The van der Waals surface area contributed by atoms with Crippen LogP contribution in [-0.2, 0) is 11.2 Å². The SMILES string of the molecule is Cc1ccc2c(CCN=C(N)N3CCN(C(=O)OC(C)(C)C)CC3)c[nH]c2c1. The fourth-order valence-electron chi connectivity index (χ4n) is 3.34. The number of carbonyl (C=O) groups excluding carboxylic acids is 1. The monoisotopic (exact) mass is 385 g/mol. The molecule has 152 valence electrons. The number of rotatable bonds is 3. The van der Waals surface area contributed by atoms with Crippen LogP contribution in [0.1, 0.15) is 31.9 Å². The molecule has 0 radical (unpaired) electrons. The minimum Gasteiger partial charge on any atom is -0.444 e. The summed E-state index contributed by atoms with van der Waals surface area (Å²) in [6.45, 7) is 10.9. The Balaban J connectivity index is 1.50. The van der Waals surface area contributed by atoms with Crippen molar-refractivity contribution in [1.29, 1.82) is 0 Å². The molecule has 0 atom stereocenters. The Kier molecular flexibility index (Phi) is 5.82. The molecule has 0 aliphatic carbocycles. The zero-order chi connectivity index (χ0) is 20.3. The molecule has 1 aromatic heterocycles. The van der Waals surface area contributed by atoms with Crippen molar-refractivity contribution in [2.24, 2.45) is 10.7 Å². The van der Waals surface area contributed by atoms with Crippen molar-refractivity contribution in [1.82, 2.24) is 14.8 Å². The Morgan fingerprint density at radius 2 is 1.89 bits per heavy atom. The highest BCUT2D eigenvalue weighted by atomic mass is 16.6. The first-order chi connectivity index (χ1) is 13.2. The van der Waals surface area contributed by atoms with E-state index in [-0.39, 0.29) is 6.09 Å². The molecule has 1 aliphatic rings. The Morgan fingerprint density at radius 1 is 1.21 bits per heavy atom. The molecule has 28 heavy (non-hydrogen) atoms. The largest absolute Gasteiger partial charge is 0.444 e. The zero-order valence-corrected chi connectivity index (χ0v) is 17.3. The van der Waals surface area contributed by atoms with Gasteiger partial charge < -0.3 is 25.3 Å². The van der Waals surface area contributed by atoms with Gasteiger partial charge >= 0.3 is 6.09 Å². The number of amides is 1. The van der Waals surface area contributed by atoms with Crippen molar-refractivity contribution >= 4 is 23.0 Å². The van der Waals surface area contributed by atoms with Crippen LogP contribution in [0.3, 0.4) is 0 Å². The number of nitrogens with zero attached hydrogens (tertiary/aromatic N) is 3. The molecular weight excluding hydrogens is 354 g/mol. The highest BCUT2D eigenvalue weighted by Gasteiger charge is 2.26. The summed E-state index contributed by atoms with van der Waals surface area (Å²) in [6.07, 6.45) is 2.62. The van der Waals surface area contributed by atoms with Gasteiger partial charge in [0.1, 0.15) is 5.60 Å². The lowest BCUT2D eigenvalue weighted by Crippen LogP contribution is -2.53. The maximum Gasteiger partial charge on any atom is 0.410 e. The third-order valence-corrected chi connectivity index (χ3v) is 4.83. The fourth-order valence-corrected chi connectivity index (χ4v) is 3.34. The Hall–Kier alpha value is -2.70. The summed E-state index contributed by atoms with van der Waals surface area (Å²) in [6, 6.07) is 6.43. The van der Waals surface area contributed by atoms with Crippen molar-refractivity contribution in [3.8, 4) is 0 Å². The molecule has 1 aromatic carbocycles. The van der Waals surface area contributed by atoms with E-state index in [0.717, 1.165) is 11.9 Å². The number of guanidine groups is 1. The van der Waals surface area contributed by atoms with Crippen LogP contribution in [0.25, 0.3) is 10.9 Å². The molecule has 7 nitrogen and oxygen atoms in total. The molecule has 7 heteroatoms. The van der Waals surface area contributed by atoms with E-state index in [9.17, 15) is 4.79 Å². The van der Waals surface area contributed by atoms with Crippen LogP contribution in [-0.4, -0.2) is 65.2 Å². The first-order valence-electron chi connectivity index (χ1n) is 9.82. The summed E-state index contributed by atoms with van der Waals surface area (Å²) in [5.41, 5.74) is 9.35. The van der Waals surface area contributed by atoms with E-state index < -0.39 is 5.60 Å². The molecule has 0 spiro atoms. The van der Waals surface area contributed by atoms with Crippen LogP contribution in [0.5, 0.6) is 0 Å². The number of H-pyrrole nitrogens is 1. The number of hydrogen-bond donors (Lipinski definition) is 2. The lowest BCUT2D eigenvalue weighted by molar-refractivity contribution is 0.0186. The quantitative estimate of drug-likeness (QED) is 0.628. The van der Waals surface area contributed by atoms with E-state index in [1.807, 2.05) is 25.7 Å². The molecule has 0 saturated carbocycles. The molecule has 3 N–H and O–H groups in total. The smallest absolute Gasteiger partial charge is 0.410 e. The number of piperazine rings is 1. The van der Waals surface area contributed by atoms with Crippen molar-refractivity contribution in [2.75, 3.05) is 32.7 Å². The van der Waals surface area contributed by atoms with Crippen molar-refractivity contribution in [3.05, 3.63) is 35.5 Å². The zero-order valence-electron chi connectivity index (χ0n) is 17.3. The Morgan fingerprint density at radius 3 is 2.57 bits per heavy atom. The predicted molar refractivity (Wildman–Crippen MR) is 113 cm³/mol. The number of aryl methyl sites for hydroxylation is 1. The maximum atomic E-state index is 12.1. The summed E-state index contributed by atoms with van der Waals surface area (Å²) >= 11 is 0. The van der Waals surface area contributed by atoms with E-state index in [2.05, 4.69) is 41.3 Å². The van der Waals surface area contributed by atoms with Gasteiger partial charge in [-0.3, -0.25) is 4.99 Å². The van der Waals surface area contributed by atoms with Gasteiger partial charge in [-0.25, -0.2) is 4.79 Å². The molecule has 1 amide bonds. The van der Waals surface area contributed by atoms with Gasteiger partial charge in [-0.05, 0) is 51.3 Å². The standard InChI is InChI=1S/C21H31N5O2/c1-15-5-6-17-16(14-24-18(17)13-15)7-8-23-19(22)25-9-11-26(12-10-25)20(27)28-21(2,3)4/h5-6,13-14,24H,7-12H2,1-4H3,(H2,22,23). The van der Waals surface area contributed by atoms with Gasteiger partial charge in [-0.1, -0.05) is 12.1 Å². The van der Waals surface area contributed by atoms with Gasteiger partial charge in [0.15, 0.2) is 5.96 Å². The number of nitrogens with two attached hydrogens (primary N) is 1. The second kappa shape index (κ2) is 8.12. The van der Waals surface area contributed by atoms with E-state index in [4.69, 9.17) is 10.5 Å². The number of fused-ring (bicyclic) bond motifs is 1. The third-order valence-electron chi connectivity index (χ3n) is 4.83. The lowest BCUT2D eigenvalue weighted by Gasteiger charge is -2.36. The molecule has 0 bridgehead atoms. The summed E-state index contributed by atoms with van der Waals surface area (Å²) in [5.74, 6) is 0.541. The molecule has 2 aromatic rings. The molecule has 3 rings (SSSR count). The van der Waals surface area contributed by atoms with Gasteiger partial charge in [-0.2, -0.15) is 0 Å². The van der Waals surface area contributed by atoms with Crippen molar-refractivity contribution < 1.29 is 9.53 Å². The lowest BCUT2D eigenvalue weighted by atomic mass is 10.1. The number of hydrogen-bond acceptors (Lipinski definition) is 3. The first-order valence-corrected chi connectivity index (χ1v) is 9.82. The number of aromatic amines is 1. The van der Waals surface area contributed by atoms with Gasteiger partial charge in [0, 0.05) is 49.8 Å². The second-order valence-electron chi connectivity index (χ2n) is 8.31. The molecule has 1 saturated heterocycles. The molecule has 1 fully saturated rings. The van der Waals surface area contributed by atoms with E-state index in [0.29, 0.717) is 38.7 Å². The number of carbonyl (C=O) groups is 1. The van der Waals surface area contributed by atoms with Gasteiger partial charge in [-0.15, -0.1) is 0 Å². The highest BCUT2D eigenvalue weighted by molar-refractivity contribution is 5.84. The van der Waals surface area contributed by atoms with E-state index >= 15 is 0 Å². The summed E-state index contributed by atoms with van der Waals surface area (Å²) < 4.78 is 5.43. The molecular formula is C21H31N5O2. The summed E-state index contributed by atoms with van der Waals surface area (Å²) in [7, 11) is 0. The molecule has 0 unspecified atom stereocenters. The van der Waals surface area contributed by atoms with Crippen LogP contribution >= 0.6 is 0 Å². The van der Waals surface area contributed by atoms with Crippen LogP contribution in [0.2, 0.25) is 0 Å². The van der Waals surface area contributed by atoms with Crippen molar-refractivity contribution in [2.45, 2.75) is 39.7 Å². The number of aliphatic imine (C=N–C) groups is 1. The minimum absolute atomic E-state index is 0.266. The minimum atomic E-state index is -0.476.